The molecule has 1 amide bonds. The quantitative estimate of drug-likeness (QED) is 0.633. The zero-order valence-corrected chi connectivity index (χ0v) is 13.4. The highest BCUT2D eigenvalue weighted by atomic mass is 16.6. The molecule has 0 bridgehead atoms. The summed E-state index contributed by atoms with van der Waals surface area (Å²) in [6.07, 6.45) is 1.90. The van der Waals surface area contributed by atoms with Gasteiger partial charge in [-0.25, -0.2) is 0 Å². The van der Waals surface area contributed by atoms with Gasteiger partial charge in [-0.3, -0.25) is 14.9 Å². The molecule has 0 spiro atoms. The van der Waals surface area contributed by atoms with E-state index in [9.17, 15) is 14.9 Å². The third-order valence-corrected chi connectivity index (χ3v) is 4.53. The fourth-order valence-corrected chi connectivity index (χ4v) is 2.93. The van der Waals surface area contributed by atoms with E-state index in [1.165, 1.54) is 6.07 Å². The molecule has 0 atom stereocenters. The van der Waals surface area contributed by atoms with Crippen LogP contribution in [0.5, 0.6) is 0 Å². The number of carbonyl (C=O) groups excluding carboxylic acids is 1. The van der Waals surface area contributed by atoms with E-state index in [2.05, 4.69) is 11.8 Å². The minimum atomic E-state index is -0.439. The number of hydrogen-bond donors (Lipinski definition) is 0. The Labute approximate surface area is 130 Å². The Morgan fingerprint density at radius 1 is 1.41 bits per heavy atom. The third-order valence-electron chi connectivity index (χ3n) is 4.53. The molecule has 2 rings (SSSR count). The van der Waals surface area contributed by atoms with Crippen LogP contribution in [-0.2, 0) is 0 Å². The molecule has 6 nitrogen and oxygen atoms in total. The normalized spacial score (nSPS) is 16.5. The minimum absolute atomic E-state index is 0.0000484. The van der Waals surface area contributed by atoms with E-state index in [1.807, 2.05) is 0 Å². The molecule has 1 fully saturated rings. The van der Waals surface area contributed by atoms with Gasteiger partial charge in [-0.1, -0.05) is 13.0 Å². The molecule has 1 saturated heterocycles. The van der Waals surface area contributed by atoms with Gasteiger partial charge >= 0.3 is 0 Å². The van der Waals surface area contributed by atoms with Gasteiger partial charge in [0.2, 0.25) is 0 Å². The average Bonchev–Trinajstić information content (AvgIpc) is 2.53. The SMILES string of the molecule is CCN1CCC(N(C)C(=O)c2ccc(C)c([N+](=O)[O-])c2)CC1. The molecular formula is C16H23N3O3. The van der Waals surface area contributed by atoms with Crippen LogP contribution in [0.2, 0.25) is 0 Å². The van der Waals surface area contributed by atoms with E-state index < -0.39 is 4.92 Å². The van der Waals surface area contributed by atoms with Crippen molar-refractivity contribution in [3.63, 3.8) is 0 Å². The molecular weight excluding hydrogens is 282 g/mol. The largest absolute Gasteiger partial charge is 0.339 e. The Balaban J connectivity index is 2.11. The molecule has 0 aromatic heterocycles. The first-order valence-electron chi connectivity index (χ1n) is 7.68. The van der Waals surface area contributed by atoms with Crippen molar-refractivity contribution >= 4 is 11.6 Å². The lowest BCUT2D eigenvalue weighted by atomic mass is 10.0. The number of benzene rings is 1. The van der Waals surface area contributed by atoms with Crippen molar-refractivity contribution in [1.29, 1.82) is 0 Å². The maximum absolute atomic E-state index is 12.6. The van der Waals surface area contributed by atoms with E-state index in [0.29, 0.717) is 11.1 Å². The van der Waals surface area contributed by atoms with E-state index in [-0.39, 0.29) is 17.6 Å². The summed E-state index contributed by atoms with van der Waals surface area (Å²) in [5, 5.41) is 11.0. The van der Waals surface area contributed by atoms with Gasteiger partial charge in [0, 0.05) is 43.4 Å². The molecule has 0 N–H and O–H groups in total. The zero-order valence-electron chi connectivity index (χ0n) is 13.4. The van der Waals surface area contributed by atoms with Crippen LogP contribution >= 0.6 is 0 Å². The number of piperidine rings is 1. The van der Waals surface area contributed by atoms with E-state index in [1.54, 1.807) is 31.0 Å². The zero-order chi connectivity index (χ0) is 16.3. The Morgan fingerprint density at radius 3 is 2.59 bits per heavy atom. The lowest BCUT2D eigenvalue weighted by Crippen LogP contribution is -2.45. The Hall–Kier alpha value is -1.95. The second-order valence-electron chi connectivity index (χ2n) is 5.84. The van der Waals surface area contributed by atoms with Crippen molar-refractivity contribution < 1.29 is 9.72 Å². The number of aryl methyl sites for hydroxylation is 1. The second kappa shape index (κ2) is 6.87. The summed E-state index contributed by atoms with van der Waals surface area (Å²) >= 11 is 0. The minimum Gasteiger partial charge on any atom is -0.339 e. The van der Waals surface area contributed by atoms with Crippen LogP contribution in [-0.4, -0.2) is 53.4 Å². The molecule has 120 valence electrons. The summed E-state index contributed by atoms with van der Waals surface area (Å²) in [4.78, 5) is 27.2. The molecule has 0 aliphatic carbocycles. The number of rotatable bonds is 4. The van der Waals surface area contributed by atoms with Crippen LogP contribution in [0.1, 0.15) is 35.7 Å². The molecule has 1 heterocycles. The lowest BCUT2D eigenvalue weighted by molar-refractivity contribution is -0.385. The van der Waals surface area contributed by atoms with E-state index in [0.717, 1.165) is 32.5 Å². The van der Waals surface area contributed by atoms with E-state index >= 15 is 0 Å². The first-order valence-corrected chi connectivity index (χ1v) is 7.68. The summed E-state index contributed by atoms with van der Waals surface area (Å²) in [5.74, 6) is -0.141. The highest BCUT2D eigenvalue weighted by molar-refractivity contribution is 5.95. The van der Waals surface area contributed by atoms with Gasteiger partial charge in [0.05, 0.1) is 4.92 Å². The van der Waals surface area contributed by atoms with Crippen molar-refractivity contribution in [2.75, 3.05) is 26.7 Å². The number of nitrogens with zero attached hydrogens (tertiary/aromatic N) is 3. The summed E-state index contributed by atoms with van der Waals surface area (Å²) in [7, 11) is 1.79. The van der Waals surface area contributed by atoms with Crippen LogP contribution in [0.25, 0.3) is 0 Å². The van der Waals surface area contributed by atoms with Gasteiger partial charge in [-0.2, -0.15) is 0 Å². The summed E-state index contributed by atoms with van der Waals surface area (Å²) in [5.41, 5.74) is 0.957. The van der Waals surface area contributed by atoms with Crippen LogP contribution in [0, 0.1) is 17.0 Å². The summed E-state index contributed by atoms with van der Waals surface area (Å²) in [6, 6.07) is 4.90. The third kappa shape index (κ3) is 3.44. The fraction of sp³-hybridized carbons (Fsp3) is 0.562. The first-order chi connectivity index (χ1) is 10.4. The summed E-state index contributed by atoms with van der Waals surface area (Å²) in [6.45, 7) is 6.84. The standard InChI is InChI=1S/C16H23N3O3/c1-4-18-9-7-14(8-10-18)17(3)16(20)13-6-5-12(2)15(11-13)19(21)22/h5-6,11,14H,4,7-10H2,1-3H3. The number of nitro groups is 1. The van der Waals surface area contributed by atoms with Crippen molar-refractivity contribution in [2.45, 2.75) is 32.7 Å². The highest BCUT2D eigenvalue weighted by Crippen LogP contribution is 2.22. The predicted octanol–water partition coefficient (Wildman–Crippen LogP) is 2.46. The van der Waals surface area contributed by atoms with Crippen LogP contribution in [0.4, 0.5) is 5.69 Å². The molecule has 0 unspecified atom stereocenters. The molecule has 6 heteroatoms. The molecule has 1 aromatic carbocycles. The Kier molecular flexibility index (Phi) is 5.13. The maximum Gasteiger partial charge on any atom is 0.273 e. The Bertz CT molecular complexity index is 566. The van der Waals surface area contributed by atoms with Gasteiger partial charge in [-0.15, -0.1) is 0 Å². The smallest absolute Gasteiger partial charge is 0.273 e. The van der Waals surface area contributed by atoms with Gasteiger partial charge in [0.1, 0.15) is 0 Å². The molecule has 1 aliphatic rings. The van der Waals surface area contributed by atoms with Gasteiger partial charge < -0.3 is 9.80 Å². The molecule has 0 saturated carbocycles. The number of nitro benzene ring substituents is 1. The molecule has 0 radical (unpaired) electrons. The number of hydrogen-bond acceptors (Lipinski definition) is 4. The van der Waals surface area contributed by atoms with Gasteiger partial charge in [0.25, 0.3) is 11.6 Å². The Morgan fingerprint density at radius 2 is 2.05 bits per heavy atom. The fourth-order valence-electron chi connectivity index (χ4n) is 2.93. The number of likely N-dealkylation sites (tertiary alicyclic amines) is 1. The first kappa shape index (κ1) is 16.4. The maximum atomic E-state index is 12.6. The van der Waals surface area contributed by atoms with Crippen molar-refractivity contribution in [3.05, 3.63) is 39.4 Å². The predicted molar refractivity (Wildman–Crippen MR) is 85.1 cm³/mol. The van der Waals surface area contributed by atoms with Crippen molar-refractivity contribution in [2.24, 2.45) is 0 Å². The molecule has 1 aromatic rings. The van der Waals surface area contributed by atoms with Gasteiger partial charge in [-0.05, 0) is 32.4 Å². The lowest BCUT2D eigenvalue weighted by Gasteiger charge is -2.36. The molecule has 22 heavy (non-hydrogen) atoms. The second-order valence-corrected chi connectivity index (χ2v) is 5.84. The van der Waals surface area contributed by atoms with Gasteiger partial charge in [0.15, 0.2) is 0 Å². The van der Waals surface area contributed by atoms with Crippen LogP contribution < -0.4 is 0 Å². The van der Waals surface area contributed by atoms with Crippen molar-refractivity contribution in [1.82, 2.24) is 9.80 Å². The average molecular weight is 305 g/mol. The highest BCUT2D eigenvalue weighted by Gasteiger charge is 2.26. The van der Waals surface area contributed by atoms with E-state index in [4.69, 9.17) is 0 Å². The van der Waals surface area contributed by atoms with Crippen LogP contribution in [0.15, 0.2) is 18.2 Å². The topological polar surface area (TPSA) is 66.7 Å². The number of carbonyl (C=O) groups is 1. The van der Waals surface area contributed by atoms with Crippen LogP contribution in [0.3, 0.4) is 0 Å². The summed E-state index contributed by atoms with van der Waals surface area (Å²) < 4.78 is 0. The molecule has 1 aliphatic heterocycles. The van der Waals surface area contributed by atoms with Crippen molar-refractivity contribution in [3.8, 4) is 0 Å². The number of amides is 1. The monoisotopic (exact) mass is 305 g/mol.